The summed E-state index contributed by atoms with van der Waals surface area (Å²) in [7, 11) is 0. The van der Waals surface area contributed by atoms with Crippen molar-refractivity contribution in [3.63, 3.8) is 0 Å². The normalized spacial score (nSPS) is 16.7. The molecule has 19 heavy (non-hydrogen) atoms. The van der Waals surface area contributed by atoms with Crippen LogP contribution in [0.25, 0.3) is 0 Å². The van der Waals surface area contributed by atoms with Gasteiger partial charge >= 0.3 is 0 Å². The van der Waals surface area contributed by atoms with Crippen molar-refractivity contribution in [3.05, 3.63) is 4.77 Å². The maximum Gasteiger partial charge on any atom is 0.226 e. The lowest BCUT2D eigenvalue weighted by Crippen LogP contribution is -2.38. The molecule has 0 unspecified atom stereocenters. The molecule has 1 aliphatic carbocycles. The third kappa shape index (κ3) is 3.19. The van der Waals surface area contributed by atoms with E-state index in [2.05, 4.69) is 47.4 Å². The number of anilines is 1. The lowest BCUT2D eigenvalue weighted by Gasteiger charge is -2.32. The van der Waals surface area contributed by atoms with E-state index in [4.69, 9.17) is 12.2 Å². The van der Waals surface area contributed by atoms with Crippen LogP contribution in [0.3, 0.4) is 0 Å². The van der Waals surface area contributed by atoms with Crippen LogP contribution in [0.5, 0.6) is 0 Å². The van der Waals surface area contributed by atoms with Crippen LogP contribution in [0, 0.1) is 10.7 Å². The first kappa shape index (κ1) is 14.6. The third-order valence-corrected chi connectivity index (χ3v) is 4.07. The fourth-order valence-corrected chi connectivity index (χ4v) is 3.31. The van der Waals surface area contributed by atoms with Crippen LogP contribution in [0.4, 0.5) is 5.95 Å². The monoisotopic (exact) mass is 282 g/mol. The summed E-state index contributed by atoms with van der Waals surface area (Å²) in [6.45, 7) is 9.91. The molecule has 1 aliphatic rings. The first-order valence-electron chi connectivity index (χ1n) is 7.44. The first-order chi connectivity index (χ1) is 9.00. The molecule has 1 aromatic heterocycles. The molecule has 0 amide bonds. The summed E-state index contributed by atoms with van der Waals surface area (Å²) in [6.07, 6.45) is 5.24. The van der Waals surface area contributed by atoms with Gasteiger partial charge in [-0.2, -0.15) is 0 Å². The average molecular weight is 282 g/mol. The van der Waals surface area contributed by atoms with Gasteiger partial charge in [0.1, 0.15) is 0 Å². The van der Waals surface area contributed by atoms with Gasteiger partial charge in [0.05, 0.1) is 0 Å². The Kier molecular flexibility index (Phi) is 4.66. The molecule has 0 bridgehead atoms. The SMILES string of the molecule is CC(C)CN(c1n[nH]c(=S)n1C(C)C)C1CCCC1. The smallest absolute Gasteiger partial charge is 0.226 e. The van der Waals surface area contributed by atoms with Gasteiger partial charge in [0, 0.05) is 18.6 Å². The molecule has 0 spiro atoms. The van der Waals surface area contributed by atoms with Crippen LogP contribution in [0.1, 0.15) is 59.4 Å². The number of aromatic amines is 1. The summed E-state index contributed by atoms with van der Waals surface area (Å²) < 4.78 is 2.88. The highest BCUT2D eigenvalue weighted by Crippen LogP contribution is 2.29. The van der Waals surface area contributed by atoms with Gasteiger partial charge < -0.3 is 4.90 Å². The van der Waals surface area contributed by atoms with Crippen molar-refractivity contribution < 1.29 is 0 Å². The van der Waals surface area contributed by atoms with Crippen LogP contribution in [-0.2, 0) is 0 Å². The minimum absolute atomic E-state index is 0.345. The second kappa shape index (κ2) is 6.07. The predicted molar refractivity (Wildman–Crippen MR) is 82.2 cm³/mol. The van der Waals surface area contributed by atoms with Gasteiger partial charge in [0.25, 0.3) is 0 Å². The molecule has 0 atom stereocenters. The van der Waals surface area contributed by atoms with E-state index in [1.165, 1.54) is 25.7 Å². The van der Waals surface area contributed by atoms with Gasteiger partial charge in [-0.3, -0.25) is 4.57 Å². The summed E-state index contributed by atoms with van der Waals surface area (Å²) in [5, 5.41) is 7.48. The van der Waals surface area contributed by atoms with E-state index in [9.17, 15) is 0 Å². The number of nitrogens with one attached hydrogen (secondary N) is 1. The lowest BCUT2D eigenvalue weighted by molar-refractivity contribution is 0.499. The highest BCUT2D eigenvalue weighted by Gasteiger charge is 2.27. The van der Waals surface area contributed by atoms with Crippen LogP contribution < -0.4 is 4.90 Å². The first-order valence-corrected chi connectivity index (χ1v) is 7.85. The van der Waals surface area contributed by atoms with E-state index in [-0.39, 0.29) is 0 Å². The molecular weight excluding hydrogens is 256 g/mol. The largest absolute Gasteiger partial charge is 0.338 e. The maximum absolute atomic E-state index is 5.37. The second-order valence-corrected chi connectivity index (χ2v) is 6.66. The van der Waals surface area contributed by atoms with Crippen LogP contribution in [-0.4, -0.2) is 27.4 Å². The maximum atomic E-state index is 5.37. The summed E-state index contributed by atoms with van der Waals surface area (Å²) in [5.74, 6) is 1.66. The predicted octanol–water partition coefficient (Wildman–Crippen LogP) is 3.93. The fraction of sp³-hybridized carbons (Fsp3) is 0.857. The Labute approximate surface area is 121 Å². The van der Waals surface area contributed by atoms with E-state index in [0.717, 1.165) is 17.3 Å². The minimum Gasteiger partial charge on any atom is -0.338 e. The zero-order valence-corrected chi connectivity index (χ0v) is 13.3. The molecule has 108 valence electrons. The number of hydrogen-bond donors (Lipinski definition) is 1. The summed E-state index contributed by atoms with van der Waals surface area (Å²) in [6, 6.07) is 0.974. The van der Waals surface area contributed by atoms with Gasteiger partial charge in [-0.25, -0.2) is 5.10 Å². The van der Waals surface area contributed by atoms with Gasteiger partial charge in [-0.15, -0.1) is 5.10 Å². The summed E-state index contributed by atoms with van der Waals surface area (Å²) >= 11 is 5.37. The number of rotatable bonds is 5. The van der Waals surface area contributed by atoms with E-state index >= 15 is 0 Å². The molecule has 2 rings (SSSR count). The van der Waals surface area contributed by atoms with Crippen LogP contribution in [0.15, 0.2) is 0 Å². The van der Waals surface area contributed by atoms with Gasteiger partial charge in [-0.05, 0) is 44.8 Å². The molecule has 1 aromatic rings. The highest BCUT2D eigenvalue weighted by atomic mass is 32.1. The average Bonchev–Trinajstić information content (AvgIpc) is 2.94. The Hall–Kier alpha value is -0.840. The topological polar surface area (TPSA) is 36.9 Å². The van der Waals surface area contributed by atoms with Gasteiger partial charge in [0.15, 0.2) is 4.77 Å². The molecule has 1 heterocycles. The molecule has 1 fully saturated rings. The minimum atomic E-state index is 0.345. The van der Waals surface area contributed by atoms with E-state index in [1.807, 2.05) is 0 Å². The third-order valence-electron chi connectivity index (χ3n) is 3.79. The Morgan fingerprint density at radius 3 is 2.47 bits per heavy atom. The zero-order chi connectivity index (χ0) is 14.0. The van der Waals surface area contributed by atoms with E-state index in [1.54, 1.807) is 0 Å². The molecule has 4 nitrogen and oxygen atoms in total. The fourth-order valence-electron chi connectivity index (χ4n) is 2.97. The standard InChI is InChI=1S/C14H26N4S/c1-10(2)9-17(12-7-5-6-8-12)13-15-16-14(19)18(13)11(3)4/h10-12H,5-9H2,1-4H3,(H,16,19). The van der Waals surface area contributed by atoms with Crippen molar-refractivity contribution in [2.45, 2.75) is 65.5 Å². The molecule has 0 aromatic carbocycles. The number of aromatic nitrogens is 3. The second-order valence-electron chi connectivity index (χ2n) is 6.28. The number of hydrogen-bond acceptors (Lipinski definition) is 3. The van der Waals surface area contributed by atoms with Crippen molar-refractivity contribution in [2.24, 2.45) is 5.92 Å². The highest BCUT2D eigenvalue weighted by molar-refractivity contribution is 7.71. The van der Waals surface area contributed by atoms with Gasteiger partial charge in [-0.1, -0.05) is 26.7 Å². The van der Waals surface area contributed by atoms with Crippen molar-refractivity contribution in [2.75, 3.05) is 11.4 Å². The zero-order valence-electron chi connectivity index (χ0n) is 12.5. The molecule has 1 N–H and O–H groups in total. The van der Waals surface area contributed by atoms with E-state index < -0.39 is 0 Å². The number of nitrogens with zero attached hydrogens (tertiary/aromatic N) is 3. The Bertz CT molecular complexity index is 454. The quantitative estimate of drug-likeness (QED) is 0.831. The molecule has 0 aliphatic heterocycles. The molecule has 5 heteroatoms. The Morgan fingerprint density at radius 1 is 1.32 bits per heavy atom. The molecular formula is C14H26N4S. The Morgan fingerprint density at radius 2 is 1.95 bits per heavy atom. The van der Waals surface area contributed by atoms with Crippen LogP contribution in [0.2, 0.25) is 0 Å². The summed E-state index contributed by atoms with van der Waals surface area (Å²) in [5.41, 5.74) is 0. The van der Waals surface area contributed by atoms with Gasteiger partial charge in [0.2, 0.25) is 5.95 Å². The van der Waals surface area contributed by atoms with Crippen molar-refractivity contribution in [3.8, 4) is 0 Å². The van der Waals surface area contributed by atoms with Crippen LogP contribution >= 0.6 is 12.2 Å². The Balaban J connectivity index is 2.34. The molecule has 0 radical (unpaired) electrons. The molecule has 1 saturated carbocycles. The molecule has 0 saturated heterocycles. The van der Waals surface area contributed by atoms with E-state index in [0.29, 0.717) is 18.0 Å². The van der Waals surface area contributed by atoms with Crippen molar-refractivity contribution >= 4 is 18.2 Å². The number of H-pyrrole nitrogens is 1. The van der Waals surface area contributed by atoms with Crippen molar-refractivity contribution in [1.29, 1.82) is 0 Å². The lowest BCUT2D eigenvalue weighted by atomic mass is 10.1. The summed E-state index contributed by atoms with van der Waals surface area (Å²) in [4.78, 5) is 2.48. The van der Waals surface area contributed by atoms with Crippen molar-refractivity contribution in [1.82, 2.24) is 14.8 Å².